The molecule has 2 aromatic rings. The van der Waals surface area contributed by atoms with Gasteiger partial charge >= 0.3 is 18.3 Å². The number of hydrogen-bond acceptors (Lipinski definition) is 3. The number of oxazole rings is 1. The molecule has 158 valence electrons. The predicted molar refractivity (Wildman–Crippen MR) is 87.9 cm³/mol. The number of aromatic nitrogens is 1. The van der Waals surface area contributed by atoms with E-state index in [0.717, 1.165) is 30.4 Å². The molecule has 0 radical (unpaired) electrons. The van der Waals surface area contributed by atoms with E-state index in [1.54, 1.807) is 0 Å². The van der Waals surface area contributed by atoms with Crippen LogP contribution in [0.4, 0.5) is 35.1 Å². The van der Waals surface area contributed by atoms with Gasteiger partial charge in [-0.1, -0.05) is 12.7 Å². The average Bonchev–Trinajstić information content (AvgIpc) is 3.02. The molecule has 0 N–H and O–H groups in total. The Hall–Kier alpha value is -2.85. The van der Waals surface area contributed by atoms with Crippen molar-refractivity contribution < 1.29 is 44.3 Å². The summed E-state index contributed by atoms with van der Waals surface area (Å²) in [4.78, 5) is 3.85. The van der Waals surface area contributed by atoms with Gasteiger partial charge in [-0.15, -0.1) is 0 Å². The Morgan fingerprint density at radius 3 is 2.31 bits per heavy atom. The van der Waals surface area contributed by atoms with Crippen LogP contribution in [0.5, 0.6) is 0 Å². The van der Waals surface area contributed by atoms with Gasteiger partial charge in [-0.05, 0) is 37.3 Å². The van der Waals surface area contributed by atoms with Gasteiger partial charge in [0.25, 0.3) is 0 Å². The highest BCUT2D eigenvalue weighted by Crippen LogP contribution is 2.37. The van der Waals surface area contributed by atoms with Crippen LogP contribution in [0.2, 0.25) is 0 Å². The predicted octanol–water partition coefficient (Wildman–Crippen LogP) is 6.53. The van der Waals surface area contributed by atoms with Crippen molar-refractivity contribution in [3.8, 4) is 0 Å². The Balaban J connectivity index is 2.40. The lowest BCUT2D eigenvalue weighted by Gasteiger charge is -2.21. The summed E-state index contributed by atoms with van der Waals surface area (Å²) in [6, 6.07) is 2.47. The fourth-order valence-electron chi connectivity index (χ4n) is 2.16. The van der Waals surface area contributed by atoms with Crippen molar-refractivity contribution in [3.05, 3.63) is 60.2 Å². The standard InChI is InChI=1S/C18H13F8NO2/c1-3-5-11(13(4-2)28-9-16(19,20)18(24,25)26)15-27-12-8-10(17(21,22)23)6-7-14(12)29-15/h3-8H,1,9H2,2H3/b11-5+,13-4+. The number of allylic oxidation sites excluding steroid dienone is 4. The van der Waals surface area contributed by atoms with E-state index < -0.39 is 36.2 Å². The quantitative estimate of drug-likeness (QED) is 0.299. The molecule has 0 atom stereocenters. The molecule has 2 rings (SSSR count). The zero-order valence-corrected chi connectivity index (χ0v) is 14.7. The molecule has 0 saturated carbocycles. The first-order valence-electron chi connectivity index (χ1n) is 7.85. The highest BCUT2D eigenvalue weighted by Gasteiger charge is 2.58. The lowest BCUT2D eigenvalue weighted by molar-refractivity contribution is -0.293. The van der Waals surface area contributed by atoms with Crippen LogP contribution in [0.25, 0.3) is 16.7 Å². The van der Waals surface area contributed by atoms with Gasteiger partial charge in [0.2, 0.25) is 5.89 Å². The topological polar surface area (TPSA) is 35.3 Å². The third-order valence-corrected chi connectivity index (χ3v) is 3.58. The van der Waals surface area contributed by atoms with Crippen molar-refractivity contribution >= 4 is 16.7 Å². The van der Waals surface area contributed by atoms with Gasteiger partial charge < -0.3 is 9.15 Å². The van der Waals surface area contributed by atoms with Gasteiger partial charge in [0, 0.05) is 0 Å². The monoisotopic (exact) mass is 427 g/mol. The maximum absolute atomic E-state index is 13.1. The van der Waals surface area contributed by atoms with E-state index in [0.29, 0.717) is 6.07 Å². The first-order valence-corrected chi connectivity index (χ1v) is 7.85. The van der Waals surface area contributed by atoms with Crippen molar-refractivity contribution in [1.29, 1.82) is 0 Å². The smallest absolute Gasteiger partial charge is 0.456 e. The zero-order valence-electron chi connectivity index (χ0n) is 14.7. The first kappa shape index (κ1) is 22.4. The van der Waals surface area contributed by atoms with Crippen molar-refractivity contribution in [2.75, 3.05) is 6.61 Å². The van der Waals surface area contributed by atoms with Crippen LogP contribution in [0.15, 0.2) is 53.2 Å². The molecule has 0 spiro atoms. The molecule has 0 bridgehead atoms. The number of alkyl halides is 8. The van der Waals surface area contributed by atoms with Crippen LogP contribution in [0.3, 0.4) is 0 Å². The zero-order chi connectivity index (χ0) is 22.0. The van der Waals surface area contributed by atoms with Crippen LogP contribution < -0.4 is 0 Å². The molecule has 0 amide bonds. The van der Waals surface area contributed by atoms with Crippen molar-refractivity contribution in [3.63, 3.8) is 0 Å². The van der Waals surface area contributed by atoms with E-state index >= 15 is 0 Å². The molecule has 0 unspecified atom stereocenters. The number of fused-ring (bicyclic) bond motifs is 1. The molecular weight excluding hydrogens is 414 g/mol. The van der Waals surface area contributed by atoms with Crippen LogP contribution in [-0.2, 0) is 10.9 Å². The average molecular weight is 427 g/mol. The maximum Gasteiger partial charge on any atom is 0.456 e. The van der Waals surface area contributed by atoms with E-state index in [4.69, 9.17) is 4.42 Å². The number of halogens is 8. The molecule has 0 aliphatic rings. The number of benzene rings is 1. The largest absolute Gasteiger partial charge is 0.486 e. The number of nitrogens with zero attached hydrogens (tertiary/aromatic N) is 1. The van der Waals surface area contributed by atoms with Gasteiger partial charge in [-0.2, -0.15) is 35.1 Å². The molecule has 0 aliphatic carbocycles. The van der Waals surface area contributed by atoms with E-state index in [9.17, 15) is 35.1 Å². The van der Waals surface area contributed by atoms with Crippen LogP contribution in [0, 0.1) is 0 Å². The number of ether oxygens (including phenoxy) is 1. The highest BCUT2D eigenvalue weighted by molar-refractivity contribution is 5.80. The van der Waals surface area contributed by atoms with Crippen LogP contribution in [0.1, 0.15) is 18.4 Å². The highest BCUT2D eigenvalue weighted by atomic mass is 19.4. The van der Waals surface area contributed by atoms with E-state index in [2.05, 4.69) is 16.3 Å². The fraction of sp³-hybridized carbons (Fsp3) is 0.278. The maximum atomic E-state index is 13.1. The molecule has 11 heteroatoms. The lowest BCUT2D eigenvalue weighted by Crippen LogP contribution is -2.40. The Morgan fingerprint density at radius 2 is 1.79 bits per heavy atom. The lowest BCUT2D eigenvalue weighted by atomic mass is 10.2. The minimum Gasteiger partial charge on any atom is -0.486 e. The number of rotatable bonds is 6. The number of hydrogen-bond donors (Lipinski definition) is 0. The van der Waals surface area contributed by atoms with E-state index in [1.807, 2.05) is 0 Å². The Labute approximate surface area is 159 Å². The van der Waals surface area contributed by atoms with Gasteiger partial charge in [-0.25, -0.2) is 4.98 Å². The van der Waals surface area contributed by atoms with Gasteiger partial charge in [0.05, 0.1) is 11.1 Å². The molecule has 1 aromatic heterocycles. The van der Waals surface area contributed by atoms with Gasteiger partial charge in [0.15, 0.2) is 12.2 Å². The first-order chi connectivity index (χ1) is 13.3. The normalized spacial score (nSPS) is 14.4. The molecule has 1 heterocycles. The summed E-state index contributed by atoms with van der Waals surface area (Å²) in [6.07, 6.45) is -7.07. The van der Waals surface area contributed by atoms with Gasteiger partial charge in [-0.3, -0.25) is 0 Å². The molecule has 0 fully saturated rings. The fourth-order valence-corrected chi connectivity index (χ4v) is 2.16. The van der Waals surface area contributed by atoms with Crippen LogP contribution >= 0.6 is 0 Å². The van der Waals surface area contributed by atoms with Gasteiger partial charge in [0.1, 0.15) is 11.3 Å². The summed E-state index contributed by atoms with van der Waals surface area (Å²) in [5.74, 6) is -5.91. The van der Waals surface area contributed by atoms with Crippen molar-refractivity contribution in [2.45, 2.75) is 25.2 Å². The second-order valence-electron chi connectivity index (χ2n) is 5.66. The summed E-state index contributed by atoms with van der Waals surface area (Å²) < 4.78 is 112. The summed E-state index contributed by atoms with van der Waals surface area (Å²) in [6.45, 7) is 2.67. The molecule has 3 nitrogen and oxygen atoms in total. The summed E-state index contributed by atoms with van der Waals surface area (Å²) in [5, 5.41) is 0. The van der Waals surface area contributed by atoms with E-state index in [1.165, 1.54) is 6.92 Å². The Morgan fingerprint density at radius 1 is 1.14 bits per heavy atom. The Bertz CT molecular complexity index is 951. The summed E-state index contributed by atoms with van der Waals surface area (Å²) in [7, 11) is 0. The Kier molecular flexibility index (Phi) is 6.10. The molecule has 29 heavy (non-hydrogen) atoms. The second-order valence-corrected chi connectivity index (χ2v) is 5.66. The second kappa shape index (κ2) is 7.88. The van der Waals surface area contributed by atoms with Crippen LogP contribution in [-0.4, -0.2) is 23.7 Å². The summed E-state index contributed by atoms with van der Waals surface area (Å²) in [5.41, 5.74) is -1.42. The molecule has 0 saturated heterocycles. The molecule has 0 aliphatic heterocycles. The van der Waals surface area contributed by atoms with E-state index in [-0.39, 0.29) is 22.6 Å². The van der Waals surface area contributed by atoms with Crippen molar-refractivity contribution in [2.24, 2.45) is 0 Å². The minimum atomic E-state index is -5.82. The minimum absolute atomic E-state index is 0.0564. The molecular formula is C18H13F8NO2. The molecule has 1 aromatic carbocycles. The van der Waals surface area contributed by atoms with Crippen molar-refractivity contribution in [1.82, 2.24) is 4.98 Å². The summed E-state index contributed by atoms with van der Waals surface area (Å²) >= 11 is 0. The third kappa shape index (κ3) is 4.96. The SMILES string of the molecule is C=C/C=C(\C(=C/C)OCC(F)(F)C(F)(F)F)c1nc2cc(C(F)(F)F)ccc2o1. The third-order valence-electron chi connectivity index (χ3n) is 3.58.